The molecule has 0 N–H and O–H groups in total. The predicted octanol–water partition coefficient (Wildman–Crippen LogP) is 1.88. The fourth-order valence-electron chi connectivity index (χ4n) is 0.737. The van der Waals surface area contributed by atoms with Crippen LogP contribution in [0.25, 0.3) is 0 Å². The Kier molecular flexibility index (Phi) is 6.13. The van der Waals surface area contributed by atoms with Crippen LogP contribution < -0.4 is 0 Å². The smallest absolute Gasteiger partial charge is 0.120 e. The maximum atomic E-state index is 10.1. The molecule has 1 unspecified atom stereocenters. The number of rotatable bonds is 6. The standard InChI is InChI=1S/C9H18O2/c1-8(2)6-11-7-9(3)4-5-10/h5,8-9H,4,6-7H2,1-3H3. The van der Waals surface area contributed by atoms with E-state index >= 15 is 0 Å². The van der Waals surface area contributed by atoms with E-state index in [2.05, 4.69) is 13.8 Å². The molecule has 0 bridgehead atoms. The maximum absolute atomic E-state index is 10.1. The Labute approximate surface area is 68.9 Å². The lowest BCUT2D eigenvalue weighted by atomic mass is 10.1. The van der Waals surface area contributed by atoms with E-state index in [1.807, 2.05) is 6.92 Å². The van der Waals surface area contributed by atoms with Crippen molar-refractivity contribution in [3.63, 3.8) is 0 Å². The molecule has 0 amide bonds. The van der Waals surface area contributed by atoms with Crippen molar-refractivity contribution < 1.29 is 9.53 Å². The summed E-state index contributed by atoms with van der Waals surface area (Å²) in [6.07, 6.45) is 1.56. The molecular weight excluding hydrogens is 140 g/mol. The van der Waals surface area contributed by atoms with Gasteiger partial charge in [0.2, 0.25) is 0 Å². The summed E-state index contributed by atoms with van der Waals surface area (Å²) in [5, 5.41) is 0. The molecule has 0 aliphatic carbocycles. The Morgan fingerprint density at radius 2 is 1.91 bits per heavy atom. The van der Waals surface area contributed by atoms with Gasteiger partial charge in [-0.05, 0) is 11.8 Å². The van der Waals surface area contributed by atoms with Crippen molar-refractivity contribution >= 4 is 6.29 Å². The Bertz CT molecular complexity index is 99.7. The summed E-state index contributed by atoms with van der Waals surface area (Å²) in [5.74, 6) is 0.949. The van der Waals surface area contributed by atoms with Crippen LogP contribution in [0.5, 0.6) is 0 Å². The normalized spacial score (nSPS) is 13.5. The molecule has 0 saturated carbocycles. The summed E-state index contributed by atoms with van der Waals surface area (Å²) in [4.78, 5) is 10.1. The Balaban J connectivity index is 3.16. The minimum Gasteiger partial charge on any atom is -0.381 e. The van der Waals surface area contributed by atoms with E-state index in [0.717, 1.165) is 12.9 Å². The van der Waals surface area contributed by atoms with E-state index in [1.165, 1.54) is 0 Å². The second kappa shape index (κ2) is 6.35. The Morgan fingerprint density at radius 1 is 1.27 bits per heavy atom. The van der Waals surface area contributed by atoms with Crippen molar-refractivity contribution in [3.8, 4) is 0 Å². The largest absolute Gasteiger partial charge is 0.381 e. The van der Waals surface area contributed by atoms with Crippen molar-refractivity contribution in [2.45, 2.75) is 27.2 Å². The first kappa shape index (κ1) is 10.6. The first-order valence-corrected chi connectivity index (χ1v) is 4.18. The first-order valence-electron chi connectivity index (χ1n) is 4.18. The molecule has 0 rings (SSSR count). The molecule has 0 heterocycles. The summed E-state index contributed by atoms with van der Waals surface area (Å²) in [7, 11) is 0. The Hall–Kier alpha value is -0.370. The van der Waals surface area contributed by atoms with Gasteiger partial charge in [0.25, 0.3) is 0 Å². The van der Waals surface area contributed by atoms with Crippen molar-refractivity contribution in [1.29, 1.82) is 0 Å². The van der Waals surface area contributed by atoms with Gasteiger partial charge in [0, 0.05) is 19.6 Å². The fraction of sp³-hybridized carbons (Fsp3) is 0.889. The molecule has 0 fully saturated rings. The summed E-state index contributed by atoms with van der Waals surface area (Å²) in [6.45, 7) is 7.75. The monoisotopic (exact) mass is 158 g/mol. The van der Waals surface area contributed by atoms with Gasteiger partial charge < -0.3 is 9.53 Å². The van der Waals surface area contributed by atoms with Crippen molar-refractivity contribution in [2.24, 2.45) is 11.8 Å². The molecule has 0 aromatic rings. The van der Waals surface area contributed by atoms with Crippen molar-refractivity contribution in [2.75, 3.05) is 13.2 Å². The SMILES string of the molecule is CC(C)COCC(C)CC=O. The third-order valence-electron chi connectivity index (χ3n) is 1.35. The number of hydrogen-bond donors (Lipinski definition) is 0. The minimum absolute atomic E-state index is 0.367. The van der Waals surface area contributed by atoms with Gasteiger partial charge in [0.05, 0.1) is 0 Å². The van der Waals surface area contributed by atoms with Crippen LogP contribution in [-0.2, 0) is 9.53 Å². The van der Waals surface area contributed by atoms with E-state index in [0.29, 0.717) is 24.9 Å². The van der Waals surface area contributed by atoms with Crippen LogP contribution >= 0.6 is 0 Å². The third-order valence-corrected chi connectivity index (χ3v) is 1.35. The summed E-state index contributed by atoms with van der Waals surface area (Å²) >= 11 is 0. The zero-order valence-electron chi connectivity index (χ0n) is 7.67. The van der Waals surface area contributed by atoms with Gasteiger partial charge in [0.15, 0.2) is 0 Å². The molecule has 0 aromatic heterocycles. The molecule has 2 heteroatoms. The number of hydrogen-bond acceptors (Lipinski definition) is 2. The zero-order chi connectivity index (χ0) is 8.69. The molecular formula is C9H18O2. The molecule has 66 valence electrons. The molecule has 0 spiro atoms. The van der Waals surface area contributed by atoms with Gasteiger partial charge >= 0.3 is 0 Å². The molecule has 0 saturated heterocycles. The molecule has 0 aliphatic rings. The second-order valence-corrected chi connectivity index (χ2v) is 3.44. The lowest BCUT2D eigenvalue weighted by Crippen LogP contribution is -2.10. The highest BCUT2D eigenvalue weighted by Gasteiger charge is 2.01. The molecule has 0 aromatic carbocycles. The molecule has 0 radical (unpaired) electrons. The van der Waals surface area contributed by atoms with Gasteiger partial charge in [-0.2, -0.15) is 0 Å². The summed E-state index contributed by atoms with van der Waals surface area (Å²) in [5.41, 5.74) is 0. The Morgan fingerprint density at radius 3 is 2.36 bits per heavy atom. The number of carbonyl (C=O) groups excluding carboxylic acids is 1. The van der Waals surface area contributed by atoms with Crippen LogP contribution in [0.1, 0.15) is 27.2 Å². The topological polar surface area (TPSA) is 26.3 Å². The van der Waals surface area contributed by atoms with Gasteiger partial charge in [0.1, 0.15) is 6.29 Å². The van der Waals surface area contributed by atoms with Crippen molar-refractivity contribution in [3.05, 3.63) is 0 Å². The lowest BCUT2D eigenvalue weighted by Gasteiger charge is -2.10. The lowest BCUT2D eigenvalue weighted by molar-refractivity contribution is -0.109. The number of aldehydes is 1. The van der Waals surface area contributed by atoms with Crippen molar-refractivity contribution in [1.82, 2.24) is 0 Å². The predicted molar refractivity (Wildman–Crippen MR) is 45.5 cm³/mol. The molecule has 0 aliphatic heterocycles. The average molecular weight is 158 g/mol. The van der Waals surface area contributed by atoms with Crippen LogP contribution in [0.4, 0.5) is 0 Å². The fourth-order valence-corrected chi connectivity index (χ4v) is 0.737. The highest BCUT2D eigenvalue weighted by Crippen LogP contribution is 2.01. The first-order chi connectivity index (χ1) is 5.16. The third kappa shape index (κ3) is 7.53. The highest BCUT2D eigenvalue weighted by atomic mass is 16.5. The highest BCUT2D eigenvalue weighted by molar-refractivity contribution is 5.49. The minimum atomic E-state index is 0.367. The van der Waals surface area contributed by atoms with Gasteiger partial charge in [-0.3, -0.25) is 0 Å². The van der Waals surface area contributed by atoms with Gasteiger partial charge in [-0.1, -0.05) is 20.8 Å². The average Bonchev–Trinajstić information content (AvgIpc) is 1.87. The van der Waals surface area contributed by atoms with E-state index in [1.54, 1.807) is 0 Å². The van der Waals surface area contributed by atoms with Crippen LogP contribution in [0.2, 0.25) is 0 Å². The maximum Gasteiger partial charge on any atom is 0.120 e. The number of ether oxygens (including phenoxy) is 1. The second-order valence-electron chi connectivity index (χ2n) is 3.44. The quantitative estimate of drug-likeness (QED) is 0.552. The van der Waals surface area contributed by atoms with E-state index in [-0.39, 0.29) is 0 Å². The van der Waals surface area contributed by atoms with Crippen LogP contribution in [0.3, 0.4) is 0 Å². The molecule has 11 heavy (non-hydrogen) atoms. The van der Waals surface area contributed by atoms with Crippen LogP contribution in [0, 0.1) is 11.8 Å². The molecule has 1 atom stereocenters. The van der Waals surface area contributed by atoms with Crippen LogP contribution in [-0.4, -0.2) is 19.5 Å². The van der Waals surface area contributed by atoms with Crippen LogP contribution in [0.15, 0.2) is 0 Å². The zero-order valence-corrected chi connectivity index (χ0v) is 7.67. The molecule has 2 nitrogen and oxygen atoms in total. The van der Waals surface area contributed by atoms with Gasteiger partial charge in [-0.25, -0.2) is 0 Å². The van der Waals surface area contributed by atoms with E-state index < -0.39 is 0 Å². The number of carbonyl (C=O) groups is 1. The summed E-state index contributed by atoms with van der Waals surface area (Å²) in [6, 6.07) is 0. The van der Waals surface area contributed by atoms with Gasteiger partial charge in [-0.15, -0.1) is 0 Å². The summed E-state index contributed by atoms with van der Waals surface area (Å²) < 4.78 is 5.35. The van der Waals surface area contributed by atoms with E-state index in [4.69, 9.17) is 4.74 Å². The van der Waals surface area contributed by atoms with E-state index in [9.17, 15) is 4.79 Å².